The number of halogens is 4. The van der Waals surface area contributed by atoms with E-state index in [1.165, 1.54) is 25.3 Å². The average Bonchev–Trinajstić information content (AvgIpc) is 3.01. The maximum Gasteiger partial charge on any atom is 0.492 e. The lowest BCUT2D eigenvalue weighted by molar-refractivity contribution is -0.242. The number of hydrogen-bond donors (Lipinski definition) is 0. The minimum Gasteiger partial charge on any atom is -0.496 e. The second kappa shape index (κ2) is 9.01. The molecule has 1 saturated heterocycles. The van der Waals surface area contributed by atoms with E-state index in [-0.39, 0.29) is 33.5 Å². The van der Waals surface area contributed by atoms with Crippen LogP contribution in [0.1, 0.15) is 45.7 Å². The van der Waals surface area contributed by atoms with Gasteiger partial charge in [-0.05, 0) is 35.6 Å². The number of rotatable bonds is 7. The molecule has 2 radical (unpaired) electrons. The number of alkyl halides is 3. The maximum atomic E-state index is 13.8. The summed E-state index contributed by atoms with van der Waals surface area (Å²) in [6.07, 6.45) is -5.39. The van der Waals surface area contributed by atoms with Crippen LogP contribution in [0.25, 0.3) is 0 Å². The quantitative estimate of drug-likeness (QED) is 0.468. The van der Waals surface area contributed by atoms with E-state index in [1.807, 2.05) is 13.8 Å². The van der Waals surface area contributed by atoms with Crippen molar-refractivity contribution in [3.8, 4) is 5.75 Å². The van der Waals surface area contributed by atoms with Crippen LogP contribution in [-0.4, -0.2) is 46.7 Å². The van der Waals surface area contributed by atoms with Crippen LogP contribution in [0.3, 0.4) is 0 Å². The molecule has 1 aromatic rings. The van der Waals surface area contributed by atoms with E-state index < -0.39 is 30.1 Å². The van der Waals surface area contributed by atoms with Gasteiger partial charge >= 0.3 is 12.1 Å². The number of carbonyl (C=O) groups excluding carboxylic acids is 1. The molecule has 1 heterocycles. The second-order valence-electron chi connectivity index (χ2n) is 7.83. The Kier molecular flexibility index (Phi) is 7.34. The third-order valence-electron chi connectivity index (χ3n) is 5.13. The third kappa shape index (κ3) is 5.92. The van der Waals surface area contributed by atoms with Crippen molar-refractivity contribution in [1.29, 1.82) is 0 Å². The minimum absolute atomic E-state index is 0.0622. The SMILES string of the molecule is COc1ccc(F)cc1C1CC(O[Si]C(C)(C)C(C)C)CN1OC(=O)C(F)(F)F. The van der Waals surface area contributed by atoms with Gasteiger partial charge in [-0.1, -0.05) is 27.7 Å². The fourth-order valence-electron chi connectivity index (χ4n) is 2.71. The second-order valence-corrected chi connectivity index (χ2v) is 9.56. The fourth-order valence-corrected chi connectivity index (χ4v) is 3.59. The Labute approximate surface area is 170 Å². The number of methoxy groups -OCH3 is 1. The number of carbonyl (C=O) groups is 1. The zero-order valence-corrected chi connectivity index (χ0v) is 18.0. The summed E-state index contributed by atoms with van der Waals surface area (Å²) in [5, 5.41) is 0.784. The first-order valence-corrected chi connectivity index (χ1v) is 10.1. The van der Waals surface area contributed by atoms with Crippen LogP contribution in [0.15, 0.2) is 18.2 Å². The van der Waals surface area contributed by atoms with Crippen molar-refractivity contribution >= 4 is 15.7 Å². The summed E-state index contributed by atoms with van der Waals surface area (Å²) in [4.78, 5) is 16.0. The highest BCUT2D eigenvalue weighted by molar-refractivity contribution is 6.32. The molecule has 2 unspecified atom stereocenters. The molecule has 0 aliphatic carbocycles. The Balaban J connectivity index is 2.25. The molecule has 0 N–H and O–H groups in total. The van der Waals surface area contributed by atoms with Gasteiger partial charge in [-0.2, -0.15) is 13.2 Å². The van der Waals surface area contributed by atoms with Crippen LogP contribution in [-0.2, 0) is 14.1 Å². The lowest BCUT2D eigenvalue weighted by Crippen LogP contribution is -2.36. The Morgan fingerprint density at radius 1 is 1.28 bits per heavy atom. The predicted octanol–water partition coefficient (Wildman–Crippen LogP) is 4.46. The first-order chi connectivity index (χ1) is 13.3. The highest BCUT2D eigenvalue weighted by Gasteiger charge is 2.46. The van der Waals surface area contributed by atoms with Gasteiger partial charge in [0.1, 0.15) is 11.6 Å². The molecule has 0 bridgehead atoms. The van der Waals surface area contributed by atoms with Crippen molar-refractivity contribution in [2.45, 2.75) is 57.5 Å². The van der Waals surface area contributed by atoms with E-state index in [9.17, 15) is 22.4 Å². The first kappa shape index (κ1) is 23.6. The molecule has 10 heteroatoms. The van der Waals surface area contributed by atoms with Crippen molar-refractivity contribution in [3.63, 3.8) is 0 Å². The van der Waals surface area contributed by atoms with Gasteiger partial charge in [0, 0.05) is 5.56 Å². The molecular formula is C19H25F4NO4Si. The van der Waals surface area contributed by atoms with Crippen LogP contribution in [0.4, 0.5) is 17.6 Å². The Bertz CT molecular complexity index is 727. The molecule has 162 valence electrons. The molecule has 5 nitrogen and oxygen atoms in total. The molecular weight excluding hydrogens is 410 g/mol. The van der Waals surface area contributed by atoms with Gasteiger partial charge < -0.3 is 14.0 Å². The molecule has 1 aromatic carbocycles. The van der Waals surface area contributed by atoms with E-state index in [0.29, 0.717) is 11.5 Å². The Morgan fingerprint density at radius 2 is 1.93 bits per heavy atom. The normalized spacial score (nSPS) is 20.9. The molecule has 0 aromatic heterocycles. The molecule has 1 aliphatic rings. The van der Waals surface area contributed by atoms with Crippen LogP contribution in [0.5, 0.6) is 5.75 Å². The lowest BCUT2D eigenvalue weighted by atomic mass is 9.99. The number of ether oxygens (including phenoxy) is 1. The van der Waals surface area contributed by atoms with Gasteiger partial charge in [0.05, 0.1) is 25.8 Å². The molecule has 2 rings (SSSR count). The predicted molar refractivity (Wildman–Crippen MR) is 98.7 cm³/mol. The van der Waals surface area contributed by atoms with Gasteiger partial charge in [0.25, 0.3) is 0 Å². The molecule has 0 amide bonds. The molecule has 1 aliphatic heterocycles. The van der Waals surface area contributed by atoms with Gasteiger partial charge in [-0.3, -0.25) is 0 Å². The van der Waals surface area contributed by atoms with Crippen LogP contribution in [0, 0.1) is 11.7 Å². The number of nitrogens with zero attached hydrogens (tertiary/aromatic N) is 1. The van der Waals surface area contributed by atoms with E-state index in [4.69, 9.17) is 9.16 Å². The summed E-state index contributed by atoms with van der Waals surface area (Å²) < 4.78 is 63.1. The summed E-state index contributed by atoms with van der Waals surface area (Å²) in [5.74, 6) is -2.28. The van der Waals surface area contributed by atoms with Crippen molar-refractivity contribution < 1.29 is 36.4 Å². The summed E-state index contributed by atoms with van der Waals surface area (Å²) in [6, 6.07) is 2.90. The Morgan fingerprint density at radius 3 is 2.48 bits per heavy atom. The fraction of sp³-hybridized carbons (Fsp3) is 0.632. The third-order valence-corrected chi connectivity index (χ3v) is 6.69. The maximum absolute atomic E-state index is 13.8. The average molecular weight is 435 g/mol. The van der Waals surface area contributed by atoms with Crippen molar-refractivity contribution in [1.82, 2.24) is 5.06 Å². The molecule has 0 spiro atoms. The van der Waals surface area contributed by atoms with E-state index in [1.54, 1.807) is 0 Å². The van der Waals surface area contributed by atoms with Gasteiger partial charge in [-0.15, -0.1) is 5.06 Å². The van der Waals surface area contributed by atoms with Crippen molar-refractivity contribution in [3.05, 3.63) is 29.6 Å². The summed E-state index contributed by atoms with van der Waals surface area (Å²) >= 11 is 0. The lowest BCUT2D eigenvalue weighted by Gasteiger charge is -2.28. The standard InChI is InChI=1S/C19H25F4NO4Si/c1-11(2)18(3,4)29-28-13-9-15(14-8-12(20)6-7-16(14)26-5)24(10-13)27-17(25)19(21,22)23/h6-8,11,13,15H,9-10H2,1-5H3. The largest absolute Gasteiger partial charge is 0.496 e. The van der Waals surface area contributed by atoms with Gasteiger partial charge in [0.2, 0.25) is 9.76 Å². The molecule has 2 atom stereocenters. The monoisotopic (exact) mass is 435 g/mol. The first-order valence-electron chi connectivity index (χ1n) is 9.17. The number of benzene rings is 1. The van der Waals surface area contributed by atoms with E-state index in [0.717, 1.165) is 5.06 Å². The topological polar surface area (TPSA) is 48.0 Å². The smallest absolute Gasteiger partial charge is 0.492 e. The zero-order valence-electron chi connectivity index (χ0n) is 17.0. The summed E-state index contributed by atoms with van der Waals surface area (Å²) in [5.41, 5.74) is 0.292. The summed E-state index contributed by atoms with van der Waals surface area (Å²) in [7, 11) is 1.47. The highest BCUT2D eigenvalue weighted by atomic mass is 28.2. The minimum atomic E-state index is -5.14. The number of hydroxylamine groups is 2. The highest BCUT2D eigenvalue weighted by Crippen LogP contribution is 2.40. The van der Waals surface area contributed by atoms with Gasteiger partial charge in [0.15, 0.2) is 0 Å². The van der Waals surface area contributed by atoms with Crippen LogP contribution in [0.2, 0.25) is 5.04 Å². The van der Waals surface area contributed by atoms with Gasteiger partial charge in [-0.25, -0.2) is 9.18 Å². The summed E-state index contributed by atoms with van der Waals surface area (Å²) in [6.45, 7) is 8.14. The molecule has 0 saturated carbocycles. The van der Waals surface area contributed by atoms with E-state index in [2.05, 4.69) is 18.7 Å². The molecule has 29 heavy (non-hydrogen) atoms. The van der Waals surface area contributed by atoms with Crippen molar-refractivity contribution in [2.24, 2.45) is 5.92 Å². The Hall–Kier alpha value is -1.65. The van der Waals surface area contributed by atoms with E-state index >= 15 is 0 Å². The van der Waals surface area contributed by atoms with Crippen molar-refractivity contribution in [2.75, 3.05) is 13.7 Å². The molecule has 1 fully saturated rings. The van der Waals surface area contributed by atoms with Crippen LogP contribution >= 0.6 is 0 Å². The number of hydrogen-bond acceptors (Lipinski definition) is 5. The zero-order chi connectivity index (χ0) is 22.0. The van der Waals surface area contributed by atoms with Crippen LogP contribution < -0.4 is 4.74 Å².